The quantitative estimate of drug-likeness (QED) is 0.474. The molecule has 3 N–H and O–H groups in total. The second-order valence-corrected chi connectivity index (χ2v) is 5.29. The highest BCUT2D eigenvalue weighted by molar-refractivity contribution is 14.0. The molecule has 20 heavy (non-hydrogen) atoms. The second-order valence-electron chi connectivity index (χ2n) is 5.29. The summed E-state index contributed by atoms with van der Waals surface area (Å²) in [5.74, 6) is 1.32. The molecular weight excluding hydrogens is 363 g/mol. The SMILES string of the molecule is CN1CCC(CCN=C(N)Nc2ccccc2)CC1.I. The van der Waals surface area contributed by atoms with Crippen LogP contribution in [0.3, 0.4) is 0 Å². The first-order valence-corrected chi connectivity index (χ1v) is 7.04. The Morgan fingerprint density at radius 1 is 1.30 bits per heavy atom. The largest absolute Gasteiger partial charge is 0.370 e. The first kappa shape index (κ1) is 17.2. The summed E-state index contributed by atoms with van der Waals surface area (Å²) in [4.78, 5) is 6.80. The molecule has 0 radical (unpaired) electrons. The Hall–Kier alpha value is -0.820. The lowest BCUT2D eigenvalue weighted by molar-refractivity contribution is 0.214. The molecule has 1 aliphatic rings. The topological polar surface area (TPSA) is 53.6 Å². The van der Waals surface area contributed by atoms with Crippen molar-refractivity contribution >= 4 is 35.6 Å². The lowest BCUT2D eigenvalue weighted by Gasteiger charge is -2.28. The molecule has 0 aromatic heterocycles. The van der Waals surface area contributed by atoms with E-state index in [1.807, 2.05) is 30.3 Å². The Bertz CT molecular complexity index is 400. The zero-order valence-electron chi connectivity index (χ0n) is 12.1. The number of hydrogen-bond acceptors (Lipinski definition) is 2. The summed E-state index contributed by atoms with van der Waals surface area (Å²) < 4.78 is 0. The molecular formula is C15H25IN4. The average Bonchev–Trinajstić information content (AvgIpc) is 2.42. The number of halogens is 1. The number of hydrogen-bond donors (Lipinski definition) is 2. The van der Waals surface area contributed by atoms with Crippen molar-refractivity contribution in [1.29, 1.82) is 0 Å². The summed E-state index contributed by atoms with van der Waals surface area (Å²) in [6.07, 6.45) is 3.72. The van der Waals surface area contributed by atoms with Gasteiger partial charge in [-0.25, -0.2) is 0 Å². The van der Waals surface area contributed by atoms with Crippen LogP contribution in [-0.2, 0) is 0 Å². The standard InChI is InChI=1S/C15H24N4.HI/c1-19-11-8-13(9-12-19)7-10-17-15(16)18-14-5-3-2-4-6-14;/h2-6,13H,7-12H2,1H3,(H3,16,17,18);1H. The highest BCUT2D eigenvalue weighted by Gasteiger charge is 2.15. The number of aliphatic imine (C=N–C) groups is 1. The molecule has 0 atom stereocenters. The lowest BCUT2D eigenvalue weighted by Crippen LogP contribution is -2.30. The van der Waals surface area contributed by atoms with Gasteiger partial charge in [-0.1, -0.05) is 18.2 Å². The molecule has 1 fully saturated rings. The molecule has 0 saturated carbocycles. The number of para-hydroxylation sites is 1. The van der Waals surface area contributed by atoms with Crippen LogP contribution in [0.2, 0.25) is 0 Å². The minimum atomic E-state index is 0. The van der Waals surface area contributed by atoms with Crippen LogP contribution in [0.5, 0.6) is 0 Å². The summed E-state index contributed by atoms with van der Waals surface area (Å²) in [6, 6.07) is 9.92. The zero-order valence-corrected chi connectivity index (χ0v) is 14.4. The van der Waals surface area contributed by atoms with Gasteiger partial charge in [0, 0.05) is 12.2 Å². The number of likely N-dealkylation sites (tertiary alicyclic amines) is 1. The number of nitrogens with one attached hydrogen (secondary N) is 1. The normalized spacial score (nSPS) is 17.6. The highest BCUT2D eigenvalue weighted by Crippen LogP contribution is 2.19. The van der Waals surface area contributed by atoms with Crippen LogP contribution in [0.4, 0.5) is 5.69 Å². The smallest absolute Gasteiger partial charge is 0.193 e. The summed E-state index contributed by atoms with van der Waals surface area (Å²) in [7, 11) is 2.19. The van der Waals surface area contributed by atoms with E-state index in [2.05, 4.69) is 22.3 Å². The van der Waals surface area contributed by atoms with Crippen LogP contribution in [0.1, 0.15) is 19.3 Å². The molecule has 0 spiro atoms. The van der Waals surface area contributed by atoms with E-state index < -0.39 is 0 Å². The summed E-state index contributed by atoms with van der Waals surface area (Å²) in [5.41, 5.74) is 6.86. The van der Waals surface area contributed by atoms with Crippen LogP contribution >= 0.6 is 24.0 Å². The first-order chi connectivity index (χ1) is 9.24. The van der Waals surface area contributed by atoms with Crippen molar-refractivity contribution in [2.45, 2.75) is 19.3 Å². The van der Waals surface area contributed by atoms with Crippen molar-refractivity contribution in [3.8, 4) is 0 Å². The first-order valence-electron chi connectivity index (χ1n) is 7.04. The number of guanidine groups is 1. The molecule has 0 aliphatic carbocycles. The van der Waals surface area contributed by atoms with E-state index >= 15 is 0 Å². The van der Waals surface area contributed by atoms with E-state index in [9.17, 15) is 0 Å². The van der Waals surface area contributed by atoms with Crippen molar-refractivity contribution in [3.05, 3.63) is 30.3 Å². The monoisotopic (exact) mass is 388 g/mol. The number of rotatable bonds is 4. The van der Waals surface area contributed by atoms with E-state index in [1.165, 1.54) is 25.9 Å². The van der Waals surface area contributed by atoms with Gasteiger partial charge in [0.25, 0.3) is 0 Å². The Kier molecular flexibility index (Phi) is 7.91. The predicted octanol–water partition coefficient (Wildman–Crippen LogP) is 2.76. The summed E-state index contributed by atoms with van der Waals surface area (Å²) in [6.45, 7) is 3.25. The van der Waals surface area contributed by atoms with Gasteiger partial charge in [0.2, 0.25) is 0 Å². The molecule has 1 saturated heterocycles. The minimum absolute atomic E-state index is 0. The molecule has 2 rings (SSSR count). The second kappa shape index (κ2) is 9.18. The van der Waals surface area contributed by atoms with Crippen molar-refractivity contribution in [3.63, 3.8) is 0 Å². The Morgan fingerprint density at radius 3 is 2.60 bits per heavy atom. The van der Waals surface area contributed by atoms with E-state index in [1.54, 1.807) is 0 Å². The molecule has 5 heteroatoms. The number of piperidine rings is 1. The Balaban J connectivity index is 0.00000200. The van der Waals surface area contributed by atoms with Crippen molar-refractivity contribution < 1.29 is 0 Å². The maximum Gasteiger partial charge on any atom is 0.193 e. The van der Waals surface area contributed by atoms with E-state index in [-0.39, 0.29) is 24.0 Å². The van der Waals surface area contributed by atoms with Crippen LogP contribution in [0, 0.1) is 5.92 Å². The fourth-order valence-electron chi connectivity index (χ4n) is 2.43. The predicted molar refractivity (Wildman–Crippen MR) is 96.8 cm³/mol. The van der Waals surface area contributed by atoms with Crippen molar-refractivity contribution in [1.82, 2.24) is 4.90 Å². The number of anilines is 1. The fraction of sp³-hybridized carbons (Fsp3) is 0.533. The van der Waals surface area contributed by atoms with Crippen LogP contribution in [0.15, 0.2) is 35.3 Å². The minimum Gasteiger partial charge on any atom is -0.370 e. The van der Waals surface area contributed by atoms with Gasteiger partial charge in [0.15, 0.2) is 5.96 Å². The van der Waals surface area contributed by atoms with Gasteiger partial charge in [0.1, 0.15) is 0 Å². The van der Waals surface area contributed by atoms with Crippen LogP contribution in [0.25, 0.3) is 0 Å². The summed E-state index contributed by atoms with van der Waals surface area (Å²) in [5, 5.41) is 3.11. The third kappa shape index (κ3) is 6.09. The lowest BCUT2D eigenvalue weighted by atomic mass is 9.94. The maximum absolute atomic E-state index is 5.87. The average molecular weight is 388 g/mol. The third-order valence-corrected chi connectivity index (χ3v) is 3.70. The van der Waals surface area contributed by atoms with Crippen molar-refractivity contribution in [2.24, 2.45) is 16.6 Å². The van der Waals surface area contributed by atoms with E-state index in [0.717, 1.165) is 24.6 Å². The third-order valence-electron chi connectivity index (χ3n) is 3.70. The van der Waals surface area contributed by atoms with Gasteiger partial charge in [0.05, 0.1) is 0 Å². The number of benzene rings is 1. The molecule has 1 heterocycles. The van der Waals surface area contributed by atoms with Crippen molar-refractivity contribution in [2.75, 3.05) is 32.0 Å². The molecule has 4 nitrogen and oxygen atoms in total. The molecule has 1 aromatic rings. The molecule has 0 unspecified atom stereocenters. The van der Waals surface area contributed by atoms with Gasteiger partial charge in [-0.2, -0.15) is 0 Å². The molecule has 0 amide bonds. The fourth-order valence-corrected chi connectivity index (χ4v) is 2.43. The number of nitrogens with zero attached hydrogens (tertiary/aromatic N) is 2. The zero-order chi connectivity index (χ0) is 13.5. The summed E-state index contributed by atoms with van der Waals surface area (Å²) >= 11 is 0. The molecule has 1 aromatic carbocycles. The maximum atomic E-state index is 5.87. The molecule has 1 aliphatic heterocycles. The molecule has 0 bridgehead atoms. The van der Waals surface area contributed by atoms with Gasteiger partial charge in [-0.3, -0.25) is 4.99 Å². The van der Waals surface area contributed by atoms with E-state index in [0.29, 0.717) is 5.96 Å². The number of nitrogens with two attached hydrogens (primary N) is 1. The van der Waals surface area contributed by atoms with Crippen LogP contribution in [-0.4, -0.2) is 37.5 Å². The Morgan fingerprint density at radius 2 is 1.95 bits per heavy atom. The molecule has 112 valence electrons. The van der Waals surface area contributed by atoms with Gasteiger partial charge >= 0.3 is 0 Å². The van der Waals surface area contributed by atoms with Gasteiger partial charge < -0.3 is 16.0 Å². The van der Waals surface area contributed by atoms with Gasteiger partial charge in [-0.15, -0.1) is 24.0 Å². The Labute approximate surface area is 138 Å². The highest BCUT2D eigenvalue weighted by atomic mass is 127. The van der Waals surface area contributed by atoms with Crippen LogP contribution < -0.4 is 11.1 Å². The van der Waals surface area contributed by atoms with E-state index in [4.69, 9.17) is 5.73 Å². The van der Waals surface area contributed by atoms with Gasteiger partial charge in [-0.05, 0) is 57.5 Å².